The minimum atomic E-state index is -4.03. The maximum atomic E-state index is 12.3. The number of aromatic amines is 1. The lowest BCUT2D eigenvalue weighted by atomic mass is 9.95. The minimum Gasteiger partial charge on any atom is -0.348 e. The fourth-order valence-electron chi connectivity index (χ4n) is 2.64. The Labute approximate surface area is 129 Å². The number of hydrogen-bond acceptors (Lipinski definition) is 4. The van der Waals surface area contributed by atoms with Gasteiger partial charge < -0.3 is 5.32 Å². The smallest absolute Gasteiger partial charge is 0.273 e. The van der Waals surface area contributed by atoms with Crippen LogP contribution in [0.5, 0.6) is 0 Å². The van der Waals surface area contributed by atoms with Gasteiger partial charge in [0.25, 0.3) is 15.0 Å². The van der Waals surface area contributed by atoms with Crippen LogP contribution in [0.1, 0.15) is 68.1 Å². The highest BCUT2D eigenvalue weighted by molar-refractivity contribution is 8.13. The Morgan fingerprint density at radius 2 is 1.95 bits per heavy atom. The second-order valence-electron chi connectivity index (χ2n) is 5.72. The maximum Gasteiger partial charge on any atom is 0.273 e. The average molecular weight is 334 g/mol. The molecule has 1 aromatic rings. The lowest BCUT2D eigenvalue weighted by molar-refractivity contribution is 0.0919. The molecule has 6 nitrogen and oxygen atoms in total. The third-order valence-corrected chi connectivity index (χ3v) is 5.09. The first-order chi connectivity index (χ1) is 9.80. The summed E-state index contributed by atoms with van der Waals surface area (Å²) in [5.74, 6) is -0.610. The van der Waals surface area contributed by atoms with Crippen molar-refractivity contribution in [2.75, 3.05) is 0 Å². The Hall–Kier alpha value is -1.08. The van der Waals surface area contributed by atoms with Gasteiger partial charge in [-0.15, -0.1) is 0 Å². The van der Waals surface area contributed by atoms with Gasteiger partial charge in [-0.2, -0.15) is 5.10 Å². The van der Waals surface area contributed by atoms with Crippen LogP contribution < -0.4 is 5.32 Å². The molecule has 1 fully saturated rings. The second kappa shape index (κ2) is 6.36. The highest BCUT2D eigenvalue weighted by atomic mass is 35.7. The third-order valence-electron chi connectivity index (χ3n) is 3.72. The summed E-state index contributed by atoms with van der Waals surface area (Å²) in [4.78, 5) is 12.1. The molecule has 0 radical (unpaired) electrons. The fraction of sp³-hybridized carbons (Fsp3) is 0.692. The van der Waals surface area contributed by atoms with E-state index in [-0.39, 0.29) is 22.5 Å². The van der Waals surface area contributed by atoms with Crippen LogP contribution in [0.2, 0.25) is 0 Å². The van der Waals surface area contributed by atoms with E-state index < -0.39 is 15.0 Å². The number of H-pyrrole nitrogens is 1. The van der Waals surface area contributed by atoms with Crippen molar-refractivity contribution in [3.8, 4) is 0 Å². The molecule has 1 amide bonds. The number of carbonyl (C=O) groups excluding carboxylic acids is 1. The standard InChI is InChI=1S/C13H20ClN3O3S/c1-8(2)10-12(21(14,19)20)11(17-16-10)13(18)15-9-6-4-3-5-7-9/h8-9H,3-7H2,1-2H3,(H,15,18)(H,16,17). The molecule has 2 rings (SSSR count). The quantitative estimate of drug-likeness (QED) is 0.828. The molecule has 1 aliphatic carbocycles. The molecule has 21 heavy (non-hydrogen) atoms. The van der Waals surface area contributed by atoms with Gasteiger partial charge in [0.05, 0.1) is 5.69 Å². The van der Waals surface area contributed by atoms with E-state index >= 15 is 0 Å². The Morgan fingerprint density at radius 3 is 2.48 bits per heavy atom. The van der Waals surface area contributed by atoms with Crippen molar-refractivity contribution in [1.29, 1.82) is 0 Å². The fourth-order valence-corrected chi connectivity index (χ4v) is 4.02. The van der Waals surface area contributed by atoms with E-state index in [0.29, 0.717) is 5.69 Å². The summed E-state index contributed by atoms with van der Waals surface area (Å²) in [6, 6.07) is 0.0799. The summed E-state index contributed by atoms with van der Waals surface area (Å²) >= 11 is 0. The molecule has 0 unspecified atom stereocenters. The second-order valence-corrected chi connectivity index (χ2v) is 8.22. The summed E-state index contributed by atoms with van der Waals surface area (Å²) < 4.78 is 23.5. The molecule has 2 N–H and O–H groups in total. The lowest BCUT2D eigenvalue weighted by Gasteiger charge is -2.22. The summed E-state index contributed by atoms with van der Waals surface area (Å²) in [5, 5.41) is 9.35. The predicted octanol–water partition coefficient (Wildman–Crippen LogP) is 2.52. The molecule has 1 heterocycles. The van der Waals surface area contributed by atoms with Crippen LogP contribution >= 0.6 is 10.7 Å². The van der Waals surface area contributed by atoms with Crippen LogP contribution in [0.25, 0.3) is 0 Å². The first kappa shape index (κ1) is 16.3. The van der Waals surface area contributed by atoms with E-state index in [1.165, 1.54) is 6.42 Å². The van der Waals surface area contributed by atoms with Crippen LogP contribution in [-0.2, 0) is 9.05 Å². The Bertz CT molecular complexity index is 619. The Balaban J connectivity index is 2.28. The van der Waals surface area contributed by atoms with Gasteiger partial charge in [0.2, 0.25) is 0 Å². The monoisotopic (exact) mass is 333 g/mol. The summed E-state index contributed by atoms with van der Waals surface area (Å²) in [5.41, 5.74) is 0.220. The van der Waals surface area contributed by atoms with Crippen LogP contribution in [0.3, 0.4) is 0 Å². The summed E-state index contributed by atoms with van der Waals surface area (Å²) in [6.07, 6.45) is 5.15. The molecule has 0 aromatic carbocycles. The lowest BCUT2D eigenvalue weighted by Crippen LogP contribution is -2.36. The molecular weight excluding hydrogens is 314 g/mol. The highest BCUT2D eigenvalue weighted by Gasteiger charge is 2.30. The number of hydrogen-bond donors (Lipinski definition) is 2. The van der Waals surface area contributed by atoms with Gasteiger partial charge in [-0.3, -0.25) is 9.89 Å². The molecule has 8 heteroatoms. The number of carbonyl (C=O) groups is 1. The maximum absolute atomic E-state index is 12.3. The number of nitrogens with one attached hydrogen (secondary N) is 2. The van der Waals surface area contributed by atoms with Crippen molar-refractivity contribution in [2.45, 2.75) is 62.8 Å². The largest absolute Gasteiger partial charge is 0.348 e. The zero-order chi connectivity index (χ0) is 15.6. The molecule has 0 bridgehead atoms. The first-order valence-electron chi connectivity index (χ1n) is 7.14. The number of rotatable bonds is 4. The third kappa shape index (κ3) is 3.77. The van der Waals surface area contributed by atoms with Crippen LogP contribution in [0, 0.1) is 0 Å². The number of nitrogens with zero attached hydrogens (tertiary/aromatic N) is 1. The van der Waals surface area contributed by atoms with Gasteiger partial charge >= 0.3 is 0 Å². The molecule has 0 aliphatic heterocycles. The molecule has 0 atom stereocenters. The van der Waals surface area contributed by atoms with Crippen LogP contribution in [-0.4, -0.2) is 30.6 Å². The Morgan fingerprint density at radius 1 is 1.33 bits per heavy atom. The SMILES string of the molecule is CC(C)c1[nH]nc(C(=O)NC2CCCCC2)c1S(=O)(=O)Cl. The molecule has 118 valence electrons. The zero-order valence-corrected chi connectivity index (χ0v) is 13.7. The van der Waals surface area contributed by atoms with Gasteiger partial charge in [0.15, 0.2) is 5.69 Å². The molecule has 0 saturated heterocycles. The number of amides is 1. The molecule has 0 spiro atoms. The predicted molar refractivity (Wildman–Crippen MR) is 80.1 cm³/mol. The van der Waals surface area contributed by atoms with Gasteiger partial charge in [-0.25, -0.2) is 8.42 Å². The molecule has 1 saturated carbocycles. The van der Waals surface area contributed by atoms with Crippen molar-refractivity contribution in [2.24, 2.45) is 0 Å². The van der Waals surface area contributed by atoms with Gasteiger partial charge in [0, 0.05) is 16.7 Å². The average Bonchev–Trinajstić information content (AvgIpc) is 2.84. The molecular formula is C13H20ClN3O3S. The van der Waals surface area contributed by atoms with E-state index in [1.807, 2.05) is 13.8 Å². The van der Waals surface area contributed by atoms with Crippen LogP contribution in [0.4, 0.5) is 0 Å². The highest BCUT2D eigenvalue weighted by Crippen LogP contribution is 2.28. The number of halogens is 1. The van der Waals surface area contributed by atoms with Gasteiger partial charge in [-0.05, 0) is 18.8 Å². The van der Waals surface area contributed by atoms with E-state index in [4.69, 9.17) is 10.7 Å². The Kier molecular flexibility index (Phi) is 4.93. The summed E-state index contributed by atoms with van der Waals surface area (Å²) in [6.45, 7) is 3.61. The van der Waals surface area contributed by atoms with E-state index in [2.05, 4.69) is 15.5 Å². The van der Waals surface area contributed by atoms with Crippen molar-refractivity contribution < 1.29 is 13.2 Å². The van der Waals surface area contributed by atoms with E-state index in [9.17, 15) is 13.2 Å². The molecule has 1 aromatic heterocycles. The normalized spacial score (nSPS) is 17.1. The molecule has 1 aliphatic rings. The van der Waals surface area contributed by atoms with Crippen LogP contribution in [0.15, 0.2) is 4.90 Å². The van der Waals surface area contributed by atoms with Crippen molar-refractivity contribution in [3.63, 3.8) is 0 Å². The van der Waals surface area contributed by atoms with Crippen molar-refractivity contribution in [3.05, 3.63) is 11.4 Å². The van der Waals surface area contributed by atoms with E-state index in [1.54, 1.807) is 0 Å². The van der Waals surface area contributed by atoms with Crippen molar-refractivity contribution in [1.82, 2.24) is 15.5 Å². The zero-order valence-electron chi connectivity index (χ0n) is 12.1. The summed E-state index contributed by atoms with van der Waals surface area (Å²) in [7, 11) is 1.44. The van der Waals surface area contributed by atoms with Gasteiger partial charge in [-0.1, -0.05) is 33.1 Å². The topological polar surface area (TPSA) is 91.9 Å². The van der Waals surface area contributed by atoms with Gasteiger partial charge in [0.1, 0.15) is 4.90 Å². The number of aromatic nitrogens is 2. The first-order valence-corrected chi connectivity index (χ1v) is 9.45. The van der Waals surface area contributed by atoms with Crippen molar-refractivity contribution >= 4 is 25.6 Å². The minimum absolute atomic E-state index is 0.0799. The van der Waals surface area contributed by atoms with E-state index in [0.717, 1.165) is 25.7 Å².